The number of nitrogens with zero attached hydrogens (tertiary/aromatic N) is 4. The van der Waals surface area contributed by atoms with Crippen LogP contribution >= 0.6 is 11.8 Å². The Morgan fingerprint density at radius 3 is 2.16 bits per heavy atom. The summed E-state index contributed by atoms with van der Waals surface area (Å²) >= 11 is 1.46. The van der Waals surface area contributed by atoms with Gasteiger partial charge in [0.2, 0.25) is 11.0 Å². The number of halogens is 5. The number of amides is 1. The molecule has 282 valence electrons. The summed E-state index contributed by atoms with van der Waals surface area (Å²) in [6, 6.07) is 31.5. The van der Waals surface area contributed by atoms with Crippen LogP contribution in [0.3, 0.4) is 0 Å². The minimum Gasteiger partial charge on any atom is -0.392 e. The lowest BCUT2D eigenvalue weighted by atomic mass is 9.91. The highest BCUT2D eigenvalue weighted by Gasteiger charge is 2.39. The van der Waals surface area contributed by atoms with Gasteiger partial charge in [0, 0.05) is 23.8 Å². The molecule has 15 heteroatoms. The van der Waals surface area contributed by atoms with Crippen LogP contribution in [0.15, 0.2) is 108 Å². The van der Waals surface area contributed by atoms with E-state index >= 15 is 0 Å². The smallest absolute Gasteiger partial charge is 0.257 e. The lowest BCUT2D eigenvalue weighted by molar-refractivity contribution is -0.268. The molecule has 1 fully saturated rings. The standard InChI is InChI=1S/C40H32F5N5O4S/c1-22-30(21-55-40-47-48-49-50(40)29-11-3-2-4-12-29)53-39(54-37(22)25-15-13-23(20-51)14-16-25)28-10-6-9-27(18-28)26-8-5-7-24(17-26)19-46-38(52)31-32(41)34(43)36(45)35(44)33(31)42/h2-18,22,30,37,39,51H,19-21H2,1H3,(H,46,52)/t22-,30+,37+,39+/m0/s1. The molecule has 6 aromatic rings. The van der Waals surface area contributed by atoms with Crippen LogP contribution in [0, 0.1) is 35.0 Å². The van der Waals surface area contributed by atoms with Gasteiger partial charge in [0.1, 0.15) is 5.56 Å². The maximum absolute atomic E-state index is 14.2. The van der Waals surface area contributed by atoms with E-state index in [1.54, 1.807) is 22.9 Å². The van der Waals surface area contributed by atoms with E-state index in [2.05, 4.69) is 27.8 Å². The molecule has 1 aromatic heterocycles. The van der Waals surface area contributed by atoms with Gasteiger partial charge in [-0.05, 0) is 62.5 Å². The summed E-state index contributed by atoms with van der Waals surface area (Å²) in [7, 11) is 0. The molecule has 5 aromatic carbocycles. The van der Waals surface area contributed by atoms with Gasteiger partial charge in [-0.1, -0.05) is 97.5 Å². The highest BCUT2D eigenvalue weighted by Crippen LogP contribution is 2.43. The van der Waals surface area contributed by atoms with Crippen molar-refractivity contribution in [1.82, 2.24) is 25.5 Å². The summed E-state index contributed by atoms with van der Waals surface area (Å²) in [5, 5.41) is 24.7. The molecule has 4 atom stereocenters. The minimum absolute atomic E-state index is 0.0891. The lowest BCUT2D eigenvalue weighted by Gasteiger charge is -2.41. The number of aliphatic hydroxyl groups is 1. The first kappa shape index (κ1) is 37.8. The molecule has 1 aliphatic rings. The topological polar surface area (TPSA) is 111 Å². The van der Waals surface area contributed by atoms with Crippen LogP contribution in [0.4, 0.5) is 22.0 Å². The number of para-hydroxylation sites is 1. The number of tetrazole rings is 1. The van der Waals surface area contributed by atoms with E-state index in [0.717, 1.165) is 27.9 Å². The van der Waals surface area contributed by atoms with Crippen molar-refractivity contribution in [1.29, 1.82) is 0 Å². The van der Waals surface area contributed by atoms with Crippen LogP contribution in [0.1, 0.15) is 51.9 Å². The molecule has 0 bridgehead atoms. The van der Waals surface area contributed by atoms with Crippen LogP contribution in [0.2, 0.25) is 0 Å². The lowest BCUT2D eigenvalue weighted by Crippen LogP contribution is -2.38. The van der Waals surface area contributed by atoms with E-state index in [4.69, 9.17) is 9.47 Å². The quantitative estimate of drug-likeness (QED) is 0.0590. The van der Waals surface area contributed by atoms with Gasteiger partial charge < -0.3 is 19.9 Å². The van der Waals surface area contributed by atoms with Gasteiger partial charge >= 0.3 is 0 Å². The van der Waals surface area contributed by atoms with Crippen LogP contribution in [-0.4, -0.2) is 43.1 Å². The number of aromatic nitrogens is 4. The Morgan fingerprint density at radius 2 is 1.45 bits per heavy atom. The van der Waals surface area contributed by atoms with Gasteiger partial charge in [-0.25, -0.2) is 22.0 Å². The number of ether oxygens (including phenoxy) is 2. The Hall–Kier alpha value is -5.48. The third-order valence-corrected chi connectivity index (χ3v) is 10.3. The number of aliphatic hydroxyl groups excluding tert-OH is 1. The van der Waals surface area contributed by atoms with E-state index in [1.807, 2.05) is 84.9 Å². The maximum Gasteiger partial charge on any atom is 0.257 e. The summed E-state index contributed by atoms with van der Waals surface area (Å²) in [6.07, 6.45) is -1.49. The van der Waals surface area contributed by atoms with Crippen molar-refractivity contribution in [2.75, 3.05) is 5.75 Å². The Balaban J connectivity index is 1.11. The zero-order valence-electron chi connectivity index (χ0n) is 29.0. The maximum atomic E-state index is 14.2. The number of hydrogen-bond donors (Lipinski definition) is 2. The fourth-order valence-electron chi connectivity index (χ4n) is 6.27. The molecule has 0 spiro atoms. The van der Waals surface area contributed by atoms with Crippen molar-refractivity contribution in [3.63, 3.8) is 0 Å². The van der Waals surface area contributed by atoms with E-state index in [9.17, 15) is 31.9 Å². The highest BCUT2D eigenvalue weighted by atomic mass is 32.2. The van der Waals surface area contributed by atoms with Gasteiger partial charge in [0.05, 0.1) is 24.5 Å². The SMILES string of the molecule is C[C@H]1[C@@H](CSc2nnnn2-c2ccccc2)O[C@@H](c2cccc(-c3cccc(CNC(=O)c4c(F)c(F)c(F)c(F)c4F)c3)c2)O[C@H]1c1ccc(CO)cc1. The zero-order valence-corrected chi connectivity index (χ0v) is 29.8. The molecule has 1 saturated heterocycles. The number of carbonyl (C=O) groups is 1. The molecule has 0 saturated carbocycles. The van der Waals surface area contributed by atoms with Crippen LogP contribution in [0.25, 0.3) is 16.8 Å². The van der Waals surface area contributed by atoms with Gasteiger partial charge in [-0.2, -0.15) is 4.68 Å². The van der Waals surface area contributed by atoms with Crippen LogP contribution in [-0.2, 0) is 22.6 Å². The van der Waals surface area contributed by atoms with Gasteiger partial charge in [0.25, 0.3) is 5.91 Å². The number of thioether (sulfide) groups is 1. The second-order valence-corrected chi connectivity index (χ2v) is 13.8. The van der Waals surface area contributed by atoms with E-state index in [0.29, 0.717) is 22.0 Å². The fraction of sp³-hybridized carbons (Fsp3) is 0.200. The number of rotatable bonds is 11. The first-order valence-corrected chi connectivity index (χ1v) is 18.1. The van der Waals surface area contributed by atoms with Crippen molar-refractivity contribution in [2.45, 2.75) is 43.7 Å². The summed E-state index contributed by atoms with van der Waals surface area (Å²) in [4.78, 5) is 12.6. The van der Waals surface area contributed by atoms with Gasteiger partial charge in [-0.3, -0.25) is 4.79 Å². The van der Waals surface area contributed by atoms with E-state index < -0.39 is 46.8 Å². The van der Waals surface area contributed by atoms with Crippen molar-refractivity contribution in [3.8, 4) is 16.8 Å². The van der Waals surface area contributed by atoms with Gasteiger partial charge in [0.15, 0.2) is 29.6 Å². The Bertz CT molecular complexity index is 2290. The number of carbonyl (C=O) groups excluding carboxylic acids is 1. The second-order valence-electron chi connectivity index (χ2n) is 12.8. The molecule has 0 unspecified atom stereocenters. The average Bonchev–Trinajstić information content (AvgIpc) is 3.70. The Morgan fingerprint density at radius 1 is 0.782 bits per heavy atom. The zero-order chi connectivity index (χ0) is 38.6. The summed E-state index contributed by atoms with van der Waals surface area (Å²) in [6.45, 7) is 1.70. The molecule has 1 aliphatic heterocycles. The molecular formula is C40H32F5N5O4S. The predicted molar refractivity (Wildman–Crippen MR) is 192 cm³/mol. The van der Waals surface area contributed by atoms with Crippen LogP contribution < -0.4 is 5.32 Å². The third-order valence-electron chi connectivity index (χ3n) is 9.25. The monoisotopic (exact) mass is 773 g/mol. The Kier molecular flexibility index (Phi) is 11.3. The molecule has 2 N–H and O–H groups in total. The van der Waals surface area contributed by atoms with Crippen molar-refractivity contribution in [3.05, 3.63) is 160 Å². The predicted octanol–water partition coefficient (Wildman–Crippen LogP) is 8.03. The number of hydrogen-bond acceptors (Lipinski definition) is 8. The van der Waals surface area contributed by atoms with Crippen LogP contribution in [0.5, 0.6) is 0 Å². The molecule has 2 heterocycles. The molecule has 9 nitrogen and oxygen atoms in total. The molecule has 7 rings (SSSR count). The van der Waals surface area contributed by atoms with E-state index in [1.165, 1.54) is 11.8 Å². The molecule has 0 radical (unpaired) electrons. The van der Waals surface area contributed by atoms with Crippen molar-refractivity contribution >= 4 is 17.7 Å². The average molecular weight is 774 g/mol. The molecule has 1 amide bonds. The number of nitrogens with one attached hydrogen (secondary N) is 1. The molecule has 0 aliphatic carbocycles. The third kappa shape index (κ3) is 8.01. The van der Waals surface area contributed by atoms with Crippen molar-refractivity contribution < 1.29 is 41.3 Å². The molecular weight excluding hydrogens is 742 g/mol. The number of benzene rings is 5. The Labute approximate surface area is 316 Å². The van der Waals surface area contributed by atoms with Gasteiger partial charge in [-0.15, -0.1) is 5.10 Å². The first-order chi connectivity index (χ1) is 26.6. The first-order valence-electron chi connectivity index (χ1n) is 17.1. The summed E-state index contributed by atoms with van der Waals surface area (Å²) in [5.41, 5.74) is 3.64. The summed E-state index contributed by atoms with van der Waals surface area (Å²) in [5.74, 6) is -12.2. The largest absolute Gasteiger partial charge is 0.392 e. The fourth-order valence-corrected chi connectivity index (χ4v) is 7.32. The highest BCUT2D eigenvalue weighted by molar-refractivity contribution is 7.99. The normalized spacial score (nSPS) is 18.3. The van der Waals surface area contributed by atoms with Crippen molar-refractivity contribution in [2.24, 2.45) is 5.92 Å². The second kappa shape index (κ2) is 16.5. The van der Waals surface area contributed by atoms with E-state index in [-0.39, 0.29) is 31.3 Å². The molecule has 55 heavy (non-hydrogen) atoms. The minimum atomic E-state index is -2.34. The summed E-state index contributed by atoms with van der Waals surface area (Å²) < 4.78 is 84.3.